The van der Waals surface area contributed by atoms with Gasteiger partial charge in [0, 0.05) is 17.1 Å². The zero-order valence-electron chi connectivity index (χ0n) is 8.13. The Kier molecular flexibility index (Phi) is 2.56. The predicted molar refractivity (Wildman–Crippen MR) is 56.5 cm³/mol. The smallest absolute Gasteiger partial charge is 0.232 e. The molecule has 2 rings (SSSR count). The van der Waals surface area contributed by atoms with Gasteiger partial charge in [0.1, 0.15) is 6.54 Å². The topological polar surface area (TPSA) is 69.1 Å². The summed E-state index contributed by atoms with van der Waals surface area (Å²) in [5.41, 5.74) is 10.3. The minimum Gasteiger partial charge on any atom is -0.312 e. The van der Waals surface area contributed by atoms with Gasteiger partial charge in [-0.25, -0.2) is 0 Å². The Bertz CT molecular complexity index is 437. The molecule has 5 nitrogen and oxygen atoms in total. The van der Waals surface area contributed by atoms with E-state index >= 15 is 0 Å². The molecule has 0 radical (unpaired) electrons. The van der Waals surface area contributed by atoms with Crippen molar-refractivity contribution in [3.63, 3.8) is 0 Å². The molecule has 1 aromatic rings. The lowest BCUT2D eigenvalue weighted by Gasteiger charge is -2.15. The van der Waals surface area contributed by atoms with Crippen molar-refractivity contribution in [2.45, 2.75) is 6.42 Å². The van der Waals surface area contributed by atoms with Crippen LogP contribution in [-0.4, -0.2) is 19.0 Å². The molecule has 1 aliphatic heterocycles. The molecule has 5 heteroatoms. The first-order chi connectivity index (χ1) is 7.33. The molecule has 0 spiro atoms. The van der Waals surface area contributed by atoms with Crippen molar-refractivity contribution in [2.24, 2.45) is 5.11 Å². The second kappa shape index (κ2) is 4.02. The first kappa shape index (κ1) is 9.55. The van der Waals surface area contributed by atoms with Crippen LogP contribution in [0.5, 0.6) is 0 Å². The molecule has 0 saturated heterocycles. The van der Waals surface area contributed by atoms with E-state index in [2.05, 4.69) is 10.0 Å². The van der Waals surface area contributed by atoms with Gasteiger partial charge in [0.25, 0.3) is 0 Å². The number of carbonyl (C=O) groups excluding carboxylic acids is 1. The van der Waals surface area contributed by atoms with Crippen molar-refractivity contribution >= 4 is 11.6 Å². The minimum atomic E-state index is -0.141. The quantitative estimate of drug-likeness (QED) is 0.410. The van der Waals surface area contributed by atoms with Gasteiger partial charge < -0.3 is 4.90 Å². The molecule has 15 heavy (non-hydrogen) atoms. The Balaban J connectivity index is 2.20. The van der Waals surface area contributed by atoms with Gasteiger partial charge in [-0.05, 0) is 23.6 Å². The maximum Gasteiger partial charge on any atom is 0.232 e. The van der Waals surface area contributed by atoms with Crippen molar-refractivity contribution in [1.29, 1.82) is 0 Å². The standard InChI is InChI=1S/C10H10N4O/c11-13-12-7-10(15)14-6-5-8-3-1-2-4-9(8)14/h1-4H,5-7H2. The molecule has 1 aliphatic rings. The van der Waals surface area contributed by atoms with E-state index in [9.17, 15) is 4.79 Å². The molecular formula is C10H10N4O. The lowest BCUT2D eigenvalue weighted by atomic mass is 10.2. The Morgan fingerprint density at radius 2 is 2.33 bits per heavy atom. The fourth-order valence-corrected chi connectivity index (χ4v) is 1.77. The molecule has 0 atom stereocenters. The molecule has 76 valence electrons. The monoisotopic (exact) mass is 202 g/mol. The zero-order valence-corrected chi connectivity index (χ0v) is 8.13. The summed E-state index contributed by atoms with van der Waals surface area (Å²) in [6.45, 7) is 0.573. The summed E-state index contributed by atoms with van der Waals surface area (Å²) in [6, 6.07) is 7.78. The van der Waals surface area contributed by atoms with Crippen LogP contribution >= 0.6 is 0 Å². The second-order valence-corrected chi connectivity index (χ2v) is 3.31. The van der Waals surface area contributed by atoms with E-state index in [0.717, 1.165) is 12.1 Å². The lowest BCUT2D eigenvalue weighted by molar-refractivity contribution is -0.117. The molecule has 1 aromatic carbocycles. The van der Waals surface area contributed by atoms with Gasteiger partial charge in [-0.15, -0.1) is 0 Å². The van der Waals surface area contributed by atoms with Gasteiger partial charge in [0.2, 0.25) is 5.91 Å². The Labute approximate surface area is 86.9 Å². The van der Waals surface area contributed by atoms with Gasteiger partial charge in [-0.3, -0.25) is 4.79 Å². The third-order valence-corrected chi connectivity index (χ3v) is 2.46. The largest absolute Gasteiger partial charge is 0.312 e. The second-order valence-electron chi connectivity index (χ2n) is 3.31. The summed E-state index contributed by atoms with van der Waals surface area (Å²) in [5, 5.41) is 3.28. The van der Waals surface area contributed by atoms with E-state index in [0.29, 0.717) is 6.54 Å². The molecule has 1 amide bonds. The van der Waals surface area contributed by atoms with E-state index in [1.165, 1.54) is 5.56 Å². The summed E-state index contributed by atoms with van der Waals surface area (Å²) in [4.78, 5) is 15.9. The fourth-order valence-electron chi connectivity index (χ4n) is 1.77. The van der Waals surface area contributed by atoms with Gasteiger partial charge >= 0.3 is 0 Å². The van der Waals surface area contributed by atoms with E-state index in [1.54, 1.807) is 4.90 Å². The Morgan fingerprint density at radius 3 is 3.13 bits per heavy atom. The molecule has 1 heterocycles. The number of rotatable bonds is 2. The molecule has 0 N–H and O–H groups in total. The van der Waals surface area contributed by atoms with Crippen LogP contribution in [0.25, 0.3) is 10.4 Å². The molecule has 0 aromatic heterocycles. The third kappa shape index (κ3) is 1.78. The number of hydrogen-bond donors (Lipinski definition) is 0. The highest BCUT2D eigenvalue weighted by atomic mass is 16.2. The van der Waals surface area contributed by atoms with Crippen LogP contribution in [0.15, 0.2) is 29.4 Å². The summed E-state index contributed by atoms with van der Waals surface area (Å²) >= 11 is 0. The summed E-state index contributed by atoms with van der Waals surface area (Å²) in [7, 11) is 0. The average molecular weight is 202 g/mol. The number of anilines is 1. The van der Waals surface area contributed by atoms with Crippen molar-refractivity contribution < 1.29 is 4.79 Å². The van der Waals surface area contributed by atoms with Crippen LogP contribution in [0.3, 0.4) is 0 Å². The Morgan fingerprint density at radius 1 is 1.53 bits per heavy atom. The summed E-state index contributed by atoms with van der Waals surface area (Å²) in [6.07, 6.45) is 0.873. The number of amides is 1. The minimum absolute atomic E-state index is 0.106. The molecule has 0 fully saturated rings. The molecule has 0 bridgehead atoms. The maximum absolute atomic E-state index is 11.6. The highest BCUT2D eigenvalue weighted by Crippen LogP contribution is 2.27. The highest BCUT2D eigenvalue weighted by molar-refractivity contribution is 5.96. The van der Waals surface area contributed by atoms with E-state index in [4.69, 9.17) is 5.53 Å². The van der Waals surface area contributed by atoms with Crippen molar-refractivity contribution in [3.8, 4) is 0 Å². The van der Waals surface area contributed by atoms with Crippen LogP contribution in [0.4, 0.5) is 5.69 Å². The number of nitrogens with zero attached hydrogens (tertiary/aromatic N) is 4. The van der Waals surface area contributed by atoms with E-state index in [1.807, 2.05) is 24.3 Å². The van der Waals surface area contributed by atoms with Crippen LogP contribution in [-0.2, 0) is 11.2 Å². The average Bonchev–Trinajstić information content (AvgIpc) is 2.69. The first-order valence-electron chi connectivity index (χ1n) is 4.72. The number of benzene rings is 1. The lowest BCUT2D eigenvalue weighted by Crippen LogP contribution is -2.30. The maximum atomic E-state index is 11.6. The van der Waals surface area contributed by atoms with Gasteiger partial charge in [0.15, 0.2) is 0 Å². The normalized spacial score (nSPS) is 13.2. The molecule has 0 unspecified atom stereocenters. The van der Waals surface area contributed by atoms with Gasteiger partial charge in [0.05, 0.1) is 0 Å². The summed E-state index contributed by atoms with van der Waals surface area (Å²) < 4.78 is 0. The van der Waals surface area contributed by atoms with Crippen LogP contribution in [0, 0.1) is 0 Å². The zero-order chi connectivity index (χ0) is 10.7. The predicted octanol–water partition coefficient (Wildman–Crippen LogP) is 1.89. The third-order valence-electron chi connectivity index (χ3n) is 2.46. The van der Waals surface area contributed by atoms with Crippen molar-refractivity contribution in [3.05, 3.63) is 40.3 Å². The van der Waals surface area contributed by atoms with Gasteiger partial charge in [-0.2, -0.15) is 0 Å². The Hall–Kier alpha value is -2.00. The number of azide groups is 1. The SMILES string of the molecule is [N-]=[N+]=NCC(=O)N1CCc2ccccc21. The van der Waals surface area contributed by atoms with Crippen molar-refractivity contribution in [2.75, 3.05) is 18.0 Å². The molecular weight excluding hydrogens is 192 g/mol. The van der Waals surface area contributed by atoms with E-state index < -0.39 is 0 Å². The number of carbonyl (C=O) groups is 1. The fraction of sp³-hybridized carbons (Fsp3) is 0.300. The molecule has 0 saturated carbocycles. The summed E-state index contributed by atoms with van der Waals surface area (Å²) in [5.74, 6) is -0.141. The number of fused-ring (bicyclic) bond motifs is 1. The first-order valence-corrected chi connectivity index (χ1v) is 4.72. The highest BCUT2D eigenvalue weighted by Gasteiger charge is 2.22. The van der Waals surface area contributed by atoms with Crippen LogP contribution in [0.1, 0.15) is 5.56 Å². The van der Waals surface area contributed by atoms with Gasteiger partial charge in [-0.1, -0.05) is 23.3 Å². The van der Waals surface area contributed by atoms with E-state index in [-0.39, 0.29) is 12.5 Å². The van der Waals surface area contributed by atoms with Crippen LogP contribution < -0.4 is 4.90 Å². The number of para-hydroxylation sites is 1. The van der Waals surface area contributed by atoms with Crippen molar-refractivity contribution in [1.82, 2.24) is 0 Å². The number of hydrogen-bond acceptors (Lipinski definition) is 2. The molecule has 0 aliphatic carbocycles. The van der Waals surface area contributed by atoms with Crippen LogP contribution in [0.2, 0.25) is 0 Å².